The highest BCUT2D eigenvalue weighted by atomic mass is 19.4. The van der Waals surface area contributed by atoms with Crippen LogP contribution in [0.3, 0.4) is 0 Å². The Morgan fingerprint density at radius 2 is 1.48 bits per heavy atom. The van der Waals surface area contributed by atoms with Crippen molar-refractivity contribution in [3.05, 3.63) is 53.8 Å². The minimum atomic E-state index is -5.00. The van der Waals surface area contributed by atoms with Gasteiger partial charge in [0.25, 0.3) is 0 Å². The van der Waals surface area contributed by atoms with Crippen molar-refractivity contribution >= 4 is 12.6 Å². The van der Waals surface area contributed by atoms with E-state index < -0.39 is 36.1 Å². The van der Waals surface area contributed by atoms with E-state index in [1.165, 1.54) is 0 Å². The number of nitrogens with zero attached hydrogens (tertiary/aromatic N) is 1. The van der Waals surface area contributed by atoms with Crippen LogP contribution in [0.25, 0.3) is 0 Å². The van der Waals surface area contributed by atoms with Gasteiger partial charge in [-0.15, -0.1) is 0 Å². The lowest BCUT2D eigenvalue weighted by molar-refractivity contribution is -0.142. The number of allylic oxidation sites excluding steroid dienone is 2. The van der Waals surface area contributed by atoms with Crippen molar-refractivity contribution < 1.29 is 41.2 Å². The number of alkyl halides is 6. The molecule has 0 saturated heterocycles. The van der Waals surface area contributed by atoms with Crippen LogP contribution in [0.15, 0.2) is 42.6 Å². The first kappa shape index (κ1) is 26.9. The van der Waals surface area contributed by atoms with Crippen LogP contribution in [0.1, 0.15) is 25.0 Å². The number of nitrogens with two attached hydrogens (primary N) is 2. The number of halogens is 6. The molecule has 0 spiro atoms. The number of benzene rings is 1. The molecule has 1 unspecified atom stereocenters. The normalized spacial score (nSPS) is 15.9. The molecule has 1 heterocycles. The Morgan fingerprint density at radius 3 is 1.83 bits per heavy atom. The highest BCUT2D eigenvalue weighted by molar-refractivity contribution is 6.58. The summed E-state index contributed by atoms with van der Waals surface area (Å²) in [4.78, 5) is 5.29. The molecule has 0 amide bonds. The van der Waals surface area contributed by atoms with E-state index in [4.69, 9.17) is 14.9 Å². The quantitative estimate of drug-likeness (QED) is 0.254. The van der Waals surface area contributed by atoms with Crippen molar-refractivity contribution in [2.75, 3.05) is 6.61 Å². The molecule has 6 N–H and O–H groups in total. The zero-order valence-corrected chi connectivity index (χ0v) is 15.6. The highest BCUT2D eigenvalue weighted by Gasteiger charge is 2.37. The lowest BCUT2D eigenvalue weighted by Crippen LogP contribution is -2.32. The predicted molar refractivity (Wildman–Crippen MR) is 95.9 cm³/mol. The number of hydrazine groups is 1. The SMILES string of the molecule is CCON1C=CC=CC1C.NN.OB(O)c1cc(C(F)(F)F)cc(C(F)(F)F)c1. The summed E-state index contributed by atoms with van der Waals surface area (Å²) in [7, 11) is -2.40. The molecule has 1 aromatic rings. The first-order valence-electron chi connectivity index (χ1n) is 8.11. The van der Waals surface area contributed by atoms with E-state index in [-0.39, 0.29) is 18.2 Å². The van der Waals surface area contributed by atoms with Crippen LogP contribution in [0, 0.1) is 0 Å². The zero-order chi connectivity index (χ0) is 22.8. The van der Waals surface area contributed by atoms with E-state index in [1.807, 2.05) is 30.3 Å². The topological polar surface area (TPSA) is 105 Å². The van der Waals surface area contributed by atoms with Crippen molar-refractivity contribution in [3.63, 3.8) is 0 Å². The van der Waals surface area contributed by atoms with Crippen LogP contribution in [0.5, 0.6) is 0 Å². The molecule has 164 valence electrons. The van der Waals surface area contributed by atoms with Gasteiger partial charge in [0.2, 0.25) is 0 Å². The number of hydroxylamine groups is 2. The summed E-state index contributed by atoms with van der Waals surface area (Å²) in [6.45, 7) is 4.80. The molecule has 0 fully saturated rings. The van der Waals surface area contributed by atoms with Crippen molar-refractivity contribution in [3.8, 4) is 0 Å². The van der Waals surface area contributed by atoms with Gasteiger partial charge in [-0.05, 0) is 31.5 Å². The van der Waals surface area contributed by atoms with Crippen molar-refractivity contribution in [2.24, 2.45) is 11.7 Å². The monoisotopic (exact) mass is 429 g/mol. The number of rotatable bonds is 3. The molecule has 13 heteroatoms. The van der Waals surface area contributed by atoms with Crippen LogP contribution in [-0.4, -0.2) is 34.9 Å². The second-order valence-corrected chi connectivity index (χ2v) is 5.46. The van der Waals surface area contributed by atoms with Gasteiger partial charge in [-0.1, -0.05) is 24.3 Å². The zero-order valence-electron chi connectivity index (χ0n) is 15.6. The summed E-state index contributed by atoms with van der Waals surface area (Å²) in [5.41, 5.74) is -4.04. The molecule has 1 atom stereocenters. The maximum absolute atomic E-state index is 12.3. The van der Waals surface area contributed by atoms with Crippen LogP contribution < -0.4 is 17.1 Å². The molecule has 0 saturated carbocycles. The largest absolute Gasteiger partial charge is 0.488 e. The van der Waals surface area contributed by atoms with Gasteiger partial charge < -0.3 is 10.0 Å². The standard InChI is InChI=1S/C8H5BF6O2.C8H13NO.H4N2/c10-7(11,12)4-1-5(8(13,14)15)3-6(2-4)9(16)17;1-3-10-9-7-5-4-6-8(9)2;1-2/h1-3,16-17H;4-8H,3H2,1-2H3;1-2H2. The number of hydrogen-bond acceptors (Lipinski definition) is 6. The second-order valence-electron chi connectivity index (χ2n) is 5.46. The average molecular weight is 429 g/mol. The molecule has 0 aromatic heterocycles. The molecule has 0 radical (unpaired) electrons. The highest BCUT2D eigenvalue weighted by Crippen LogP contribution is 2.34. The second kappa shape index (κ2) is 11.8. The summed E-state index contributed by atoms with van der Waals surface area (Å²) in [6.07, 6.45) is -1.96. The fourth-order valence-electron chi connectivity index (χ4n) is 2.02. The van der Waals surface area contributed by atoms with E-state index in [1.54, 1.807) is 0 Å². The Bertz CT molecular complexity index is 649. The van der Waals surface area contributed by atoms with Crippen molar-refractivity contribution in [1.82, 2.24) is 5.06 Å². The van der Waals surface area contributed by atoms with Gasteiger partial charge >= 0.3 is 19.5 Å². The molecule has 1 aliphatic rings. The molecule has 0 bridgehead atoms. The van der Waals surface area contributed by atoms with Crippen LogP contribution in [0.2, 0.25) is 0 Å². The van der Waals surface area contributed by atoms with Gasteiger partial charge in [-0.2, -0.15) is 26.3 Å². The summed E-state index contributed by atoms with van der Waals surface area (Å²) in [6, 6.07) is 0.774. The average Bonchev–Trinajstić information content (AvgIpc) is 2.64. The summed E-state index contributed by atoms with van der Waals surface area (Å²) in [5.74, 6) is 8.00. The van der Waals surface area contributed by atoms with Crippen LogP contribution in [-0.2, 0) is 17.2 Å². The van der Waals surface area contributed by atoms with E-state index in [2.05, 4.69) is 24.7 Å². The Morgan fingerprint density at radius 1 is 1.00 bits per heavy atom. The van der Waals surface area contributed by atoms with Gasteiger partial charge in [0.05, 0.1) is 23.8 Å². The molecule has 0 aliphatic carbocycles. The smallest absolute Gasteiger partial charge is 0.423 e. The summed E-state index contributed by atoms with van der Waals surface area (Å²) in [5, 5.41) is 19.1. The fourth-order valence-corrected chi connectivity index (χ4v) is 2.02. The molecule has 1 aliphatic heterocycles. The molecular weight excluding hydrogens is 407 g/mol. The third-order valence-electron chi connectivity index (χ3n) is 3.32. The minimum absolute atomic E-state index is 0.0914. The Balaban J connectivity index is 0.000000554. The first-order valence-corrected chi connectivity index (χ1v) is 8.11. The number of hydrogen-bond donors (Lipinski definition) is 4. The molecule has 2 rings (SSSR count). The van der Waals surface area contributed by atoms with E-state index in [9.17, 15) is 26.3 Å². The predicted octanol–water partition coefficient (Wildman–Crippen LogP) is 1.93. The maximum atomic E-state index is 12.3. The van der Waals surface area contributed by atoms with Gasteiger partial charge in [-0.3, -0.25) is 21.6 Å². The molecule has 1 aromatic carbocycles. The molecule has 29 heavy (non-hydrogen) atoms. The summed E-state index contributed by atoms with van der Waals surface area (Å²) >= 11 is 0. The van der Waals surface area contributed by atoms with Crippen molar-refractivity contribution in [1.29, 1.82) is 0 Å². The minimum Gasteiger partial charge on any atom is -0.423 e. The van der Waals surface area contributed by atoms with Gasteiger partial charge in [-0.25, -0.2) is 0 Å². The third-order valence-corrected chi connectivity index (χ3v) is 3.32. The maximum Gasteiger partial charge on any atom is 0.488 e. The van der Waals surface area contributed by atoms with Gasteiger partial charge in [0.1, 0.15) is 0 Å². The third kappa shape index (κ3) is 9.32. The van der Waals surface area contributed by atoms with Gasteiger partial charge in [0.15, 0.2) is 0 Å². The lowest BCUT2D eigenvalue weighted by Gasteiger charge is -2.25. The summed E-state index contributed by atoms with van der Waals surface area (Å²) < 4.78 is 73.6. The lowest BCUT2D eigenvalue weighted by atomic mass is 9.78. The van der Waals surface area contributed by atoms with Gasteiger partial charge in [0, 0.05) is 6.20 Å². The van der Waals surface area contributed by atoms with Crippen LogP contribution >= 0.6 is 0 Å². The fraction of sp³-hybridized carbons (Fsp3) is 0.375. The van der Waals surface area contributed by atoms with E-state index >= 15 is 0 Å². The first-order chi connectivity index (χ1) is 13.4. The van der Waals surface area contributed by atoms with E-state index in [0.29, 0.717) is 6.04 Å². The Kier molecular flexibility index (Phi) is 11.0. The van der Waals surface area contributed by atoms with E-state index in [0.717, 1.165) is 6.61 Å². The molecule has 6 nitrogen and oxygen atoms in total. The Hall–Kier alpha value is -2.06. The van der Waals surface area contributed by atoms with Crippen molar-refractivity contribution in [2.45, 2.75) is 32.2 Å². The molecular formula is C16H22BF6N3O3. The van der Waals surface area contributed by atoms with Crippen LogP contribution in [0.4, 0.5) is 26.3 Å². The Labute approximate surface area is 164 Å².